The molecule has 0 atom stereocenters. The number of fused-ring (bicyclic) bond motifs is 1. The second-order valence-electron chi connectivity index (χ2n) is 2.72. The molecule has 0 amide bonds. The van der Waals surface area contributed by atoms with Gasteiger partial charge in [-0.05, 0) is 23.1 Å². The Labute approximate surface area is 90.4 Å². The first kappa shape index (κ1) is 9.34. The van der Waals surface area contributed by atoms with E-state index in [9.17, 15) is 0 Å². The molecule has 1 aromatic heterocycles. The van der Waals surface area contributed by atoms with Crippen molar-refractivity contribution in [1.82, 2.24) is 0 Å². The minimum atomic E-state index is 0.0334. The van der Waals surface area contributed by atoms with Crippen molar-refractivity contribution in [3.63, 3.8) is 0 Å². The van der Waals surface area contributed by atoms with Crippen molar-refractivity contribution in [1.29, 1.82) is 0 Å². The van der Waals surface area contributed by atoms with Gasteiger partial charge in [-0.3, -0.25) is 0 Å². The Morgan fingerprint density at radius 1 is 1.46 bits per heavy atom. The summed E-state index contributed by atoms with van der Waals surface area (Å²) in [7, 11) is 0. The van der Waals surface area contributed by atoms with E-state index in [1.807, 2.05) is 11.4 Å². The van der Waals surface area contributed by atoms with E-state index in [-0.39, 0.29) is 6.61 Å². The summed E-state index contributed by atoms with van der Waals surface area (Å²) in [5, 5.41) is 12.6. The zero-order valence-electron chi connectivity index (χ0n) is 6.62. The van der Waals surface area contributed by atoms with Crippen molar-refractivity contribution >= 4 is 45.7 Å². The average Bonchev–Trinajstić information content (AvgIpc) is 2.47. The fourth-order valence-electron chi connectivity index (χ4n) is 1.28. The normalized spacial score (nSPS) is 11.0. The number of hydrogen-bond acceptors (Lipinski definition) is 3. The van der Waals surface area contributed by atoms with Crippen LogP contribution in [0.5, 0.6) is 0 Å². The van der Waals surface area contributed by atoms with E-state index in [0.29, 0.717) is 5.02 Å². The second kappa shape index (κ2) is 3.50. The predicted octanol–water partition coefficient (Wildman–Crippen LogP) is 3.34. The molecule has 0 fully saturated rings. The van der Waals surface area contributed by atoms with E-state index in [1.165, 1.54) is 0 Å². The van der Waals surface area contributed by atoms with Gasteiger partial charge in [-0.1, -0.05) is 11.6 Å². The maximum Gasteiger partial charge on any atom is 0.0696 e. The van der Waals surface area contributed by atoms with Crippen LogP contribution >= 0.6 is 35.6 Å². The molecule has 4 heteroatoms. The van der Waals surface area contributed by atoms with Crippen LogP contribution in [0.4, 0.5) is 0 Å². The molecule has 2 rings (SSSR count). The highest BCUT2D eigenvalue weighted by Crippen LogP contribution is 2.34. The molecule has 13 heavy (non-hydrogen) atoms. The zero-order chi connectivity index (χ0) is 9.42. The van der Waals surface area contributed by atoms with Crippen molar-refractivity contribution in [2.45, 2.75) is 11.5 Å². The summed E-state index contributed by atoms with van der Waals surface area (Å²) in [6.07, 6.45) is 0. The van der Waals surface area contributed by atoms with Gasteiger partial charge in [0.05, 0.1) is 11.6 Å². The highest BCUT2D eigenvalue weighted by molar-refractivity contribution is 7.80. The van der Waals surface area contributed by atoms with Gasteiger partial charge in [0.25, 0.3) is 0 Å². The molecule has 68 valence electrons. The van der Waals surface area contributed by atoms with Crippen molar-refractivity contribution in [3.8, 4) is 0 Å². The Balaban J connectivity index is 2.82. The molecule has 0 aliphatic rings. The Bertz CT molecular complexity index is 450. The second-order valence-corrected chi connectivity index (χ2v) is 4.55. The number of aliphatic hydroxyl groups is 1. The highest BCUT2D eigenvalue weighted by Gasteiger charge is 2.07. The molecule has 1 heterocycles. The number of benzene rings is 1. The molecule has 0 aliphatic carbocycles. The van der Waals surface area contributed by atoms with Gasteiger partial charge in [0.2, 0.25) is 0 Å². The standard InChI is InChI=1S/C9H7ClOS2/c10-7-1-6(12)2-8-9(7)5(3-11)4-13-8/h1-2,4,11-12H,3H2. The predicted molar refractivity (Wildman–Crippen MR) is 60.0 cm³/mol. The minimum absolute atomic E-state index is 0.0334. The van der Waals surface area contributed by atoms with Gasteiger partial charge in [-0.25, -0.2) is 0 Å². The fraction of sp³-hybridized carbons (Fsp3) is 0.111. The summed E-state index contributed by atoms with van der Waals surface area (Å²) in [6, 6.07) is 3.74. The van der Waals surface area contributed by atoms with Crippen LogP contribution in [-0.4, -0.2) is 5.11 Å². The number of aliphatic hydroxyl groups excluding tert-OH is 1. The molecule has 0 saturated carbocycles. The van der Waals surface area contributed by atoms with E-state index >= 15 is 0 Å². The number of halogens is 1. The third kappa shape index (κ3) is 1.57. The van der Waals surface area contributed by atoms with Crippen LogP contribution < -0.4 is 0 Å². The van der Waals surface area contributed by atoms with E-state index < -0.39 is 0 Å². The van der Waals surface area contributed by atoms with Crippen LogP contribution in [0.2, 0.25) is 5.02 Å². The lowest BCUT2D eigenvalue weighted by Gasteiger charge is -1.98. The van der Waals surface area contributed by atoms with Crippen molar-refractivity contribution in [3.05, 3.63) is 28.1 Å². The highest BCUT2D eigenvalue weighted by atomic mass is 35.5. The Morgan fingerprint density at radius 2 is 2.23 bits per heavy atom. The van der Waals surface area contributed by atoms with Gasteiger partial charge < -0.3 is 5.11 Å². The van der Waals surface area contributed by atoms with Crippen LogP contribution in [0, 0.1) is 0 Å². The Morgan fingerprint density at radius 3 is 2.92 bits per heavy atom. The molecular weight excluding hydrogens is 224 g/mol. The third-order valence-electron chi connectivity index (χ3n) is 1.86. The van der Waals surface area contributed by atoms with Crippen LogP contribution in [0.3, 0.4) is 0 Å². The molecule has 1 aromatic carbocycles. The lowest BCUT2D eigenvalue weighted by molar-refractivity contribution is 0.284. The molecule has 0 bridgehead atoms. The molecule has 2 aromatic rings. The number of rotatable bonds is 1. The zero-order valence-corrected chi connectivity index (χ0v) is 9.09. The van der Waals surface area contributed by atoms with E-state index in [2.05, 4.69) is 12.6 Å². The lowest BCUT2D eigenvalue weighted by atomic mass is 10.2. The van der Waals surface area contributed by atoms with Crippen molar-refractivity contribution in [2.75, 3.05) is 0 Å². The summed E-state index contributed by atoms with van der Waals surface area (Å²) >= 11 is 11.8. The summed E-state index contributed by atoms with van der Waals surface area (Å²) < 4.78 is 1.07. The quantitative estimate of drug-likeness (QED) is 0.720. The van der Waals surface area contributed by atoms with E-state index in [0.717, 1.165) is 20.5 Å². The summed E-state index contributed by atoms with van der Waals surface area (Å²) in [5.74, 6) is 0. The monoisotopic (exact) mass is 230 g/mol. The third-order valence-corrected chi connectivity index (χ3v) is 3.39. The Kier molecular flexibility index (Phi) is 2.51. The molecule has 0 unspecified atom stereocenters. The molecule has 0 aliphatic heterocycles. The SMILES string of the molecule is OCc1csc2cc(S)cc(Cl)c12. The first-order valence-corrected chi connectivity index (χ1v) is 5.42. The van der Waals surface area contributed by atoms with Gasteiger partial charge in [-0.2, -0.15) is 0 Å². The maximum atomic E-state index is 9.05. The van der Waals surface area contributed by atoms with Gasteiger partial charge >= 0.3 is 0 Å². The summed E-state index contributed by atoms with van der Waals surface area (Å²) in [5.41, 5.74) is 0.887. The molecule has 0 radical (unpaired) electrons. The van der Waals surface area contributed by atoms with Gasteiger partial charge in [-0.15, -0.1) is 24.0 Å². The van der Waals surface area contributed by atoms with Gasteiger partial charge in [0.1, 0.15) is 0 Å². The smallest absolute Gasteiger partial charge is 0.0696 e. The van der Waals surface area contributed by atoms with E-state index in [1.54, 1.807) is 17.4 Å². The average molecular weight is 231 g/mol. The molecule has 1 nitrogen and oxygen atoms in total. The Hall–Kier alpha value is -0.220. The first-order valence-electron chi connectivity index (χ1n) is 3.72. The van der Waals surface area contributed by atoms with Crippen LogP contribution in [0.25, 0.3) is 10.1 Å². The molecule has 0 saturated heterocycles. The fourth-order valence-corrected chi connectivity index (χ4v) is 3.12. The summed E-state index contributed by atoms with van der Waals surface area (Å²) in [4.78, 5) is 0.851. The summed E-state index contributed by atoms with van der Waals surface area (Å²) in [6.45, 7) is 0.0334. The first-order chi connectivity index (χ1) is 6.22. The number of thiophene rings is 1. The van der Waals surface area contributed by atoms with Gasteiger partial charge in [0.15, 0.2) is 0 Å². The number of thiol groups is 1. The van der Waals surface area contributed by atoms with Crippen molar-refractivity contribution < 1.29 is 5.11 Å². The van der Waals surface area contributed by atoms with E-state index in [4.69, 9.17) is 16.7 Å². The van der Waals surface area contributed by atoms with Crippen LogP contribution in [-0.2, 0) is 6.61 Å². The van der Waals surface area contributed by atoms with Crippen LogP contribution in [0.1, 0.15) is 5.56 Å². The molecule has 0 spiro atoms. The largest absolute Gasteiger partial charge is 0.392 e. The molecule has 1 N–H and O–H groups in total. The van der Waals surface area contributed by atoms with Crippen LogP contribution in [0.15, 0.2) is 22.4 Å². The molecular formula is C9H7ClOS2. The topological polar surface area (TPSA) is 20.2 Å². The minimum Gasteiger partial charge on any atom is -0.392 e. The van der Waals surface area contributed by atoms with Crippen molar-refractivity contribution in [2.24, 2.45) is 0 Å². The maximum absolute atomic E-state index is 9.05. The number of hydrogen-bond donors (Lipinski definition) is 2. The van der Waals surface area contributed by atoms with Gasteiger partial charge in [0, 0.05) is 15.0 Å². The lowest BCUT2D eigenvalue weighted by Crippen LogP contribution is -1.79.